The summed E-state index contributed by atoms with van der Waals surface area (Å²) in [6.45, 7) is 3.26. The first-order valence-electron chi connectivity index (χ1n) is 12.3. The number of aromatic amines is 1. The average molecular weight is 489 g/mol. The van der Waals surface area contributed by atoms with Crippen LogP contribution in [0.4, 0.5) is 10.5 Å². The standard InChI is InChI=1S/C27H28N4O5/c1-27-23-18(20-14-16(35-2)9-10-21(20)29-23)11-12-30(27)26(34)31(25(27)33)22-8-4-3-7-19(22)24(32)28-15-17-6-5-13-36-17/h3-4,7-10,14,17,29H,5-6,11-13,15H2,1-2H3,(H,28,32)/t17-,27-/m1/s1. The van der Waals surface area contributed by atoms with Gasteiger partial charge in [0.05, 0.1) is 30.2 Å². The fourth-order valence-electron chi connectivity index (χ4n) is 5.73. The van der Waals surface area contributed by atoms with Crippen molar-refractivity contribution in [2.75, 3.05) is 31.7 Å². The van der Waals surface area contributed by atoms with E-state index in [1.807, 2.05) is 18.2 Å². The minimum atomic E-state index is -1.21. The first-order valence-corrected chi connectivity index (χ1v) is 12.3. The predicted molar refractivity (Wildman–Crippen MR) is 133 cm³/mol. The zero-order chi connectivity index (χ0) is 25.0. The van der Waals surface area contributed by atoms with Crippen molar-refractivity contribution < 1.29 is 23.9 Å². The molecule has 4 heterocycles. The van der Waals surface area contributed by atoms with Crippen LogP contribution in [0.5, 0.6) is 5.75 Å². The summed E-state index contributed by atoms with van der Waals surface area (Å²) < 4.78 is 11.0. The quantitative estimate of drug-likeness (QED) is 0.536. The van der Waals surface area contributed by atoms with Gasteiger partial charge >= 0.3 is 6.03 Å². The molecule has 3 aliphatic heterocycles. The van der Waals surface area contributed by atoms with Gasteiger partial charge in [0.25, 0.3) is 11.8 Å². The second-order valence-electron chi connectivity index (χ2n) is 9.65. The summed E-state index contributed by atoms with van der Waals surface area (Å²) >= 11 is 0. The molecule has 2 aromatic carbocycles. The van der Waals surface area contributed by atoms with Crippen molar-refractivity contribution in [1.82, 2.24) is 15.2 Å². The number of anilines is 1. The van der Waals surface area contributed by atoms with E-state index in [0.29, 0.717) is 31.8 Å². The van der Waals surface area contributed by atoms with E-state index in [0.717, 1.165) is 40.0 Å². The Morgan fingerprint density at radius 1 is 1.25 bits per heavy atom. The van der Waals surface area contributed by atoms with Gasteiger partial charge in [0.15, 0.2) is 5.54 Å². The molecule has 2 fully saturated rings. The summed E-state index contributed by atoms with van der Waals surface area (Å²) in [5, 5.41) is 3.89. The van der Waals surface area contributed by atoms with E-state index in [-0.39, 0.29) is 29.2 Å². The molecule has 6 rings (SSSR count). The lowest BCUT2D eigenvalue weighted by molar-refractivity contribution is -0.125. The van der Waals surface area contributed by atoms with Crippen molar-refractivity contribution in [3.05, 3.63) is 59.3 Å². The number of nitrogens with one attached hydrogen (secondary N) is 2. The molecule has 0 bridgehead atoms. The highest BCUT2D eigenvalue weighted by atomic mass is 16.5. The number of hydrogen-bond acceptors (Lipinski definition) is 5. The Kier molecular flexibility index (Phi) is 5.26. The largest absolute Gasteiger partial charge is 0.497 e. The maximum absolute atomic E-state index is 14.0. The van der Waals surface area contributed by atoms with E-state index < -0.39 is 11.6 Å². The van der Waals surface area contributed by atoms with E-state index in [4.69, 9.17) is 9.47 Å². The van der Waals surface area contributed by atoms with Gasteiger partial charge in [0.1, 0.15) is 5.75 Å². The third-order valence-corrected chi connectivity index (χ3v) is 7.67. The summed E-state index contributed by atoms with van der Waals surface area (Å²) in [4.78, 5) is 47.0. The van der Waals surface area contributed by atoms with Crippen LogP contribution in [0.1, 0.15) is 41.4 Å². The van der Waals surface area contributed by atoms with Gasteiger partial charge in [-0.05, 0) is 62.1 Å². The first-order chi connectivity index (χ1) is 17.4. The third kappa shape index (κ3) is 3.22. The number of urea groups is 1. The highest BCUT2D eigenvalue weighted by Gasteiger charge is 2.59. The molecule has 1 aromatic heterocycles. The van der Waals surface area contributed by atoms with E-state index in [9.17, 15) is 14.4 Å². The van der Waals surface area contributed by atoms with Crippen LogP contribution in [-0.2, 0) is 21.5 Å². The summed E-state index contributed by atoms with van der Waals surface area (Å²) in [5.41, 5.74) is 1.95. The predicted octanol–water partition coefficient (Wildman–Crippen LogP) is 3.33. The number of fused-ring (bicyclic) bond motifs is 5. The van der Waals surface area contributed by atoms with Crippen molar-refractivity contribution in [2.45, 2.75) is 37.8 Å². The molecule has 2 atom stereocenters. The number of aromatic nitrogens is 1. The monoisotopic (exact) mass is 488 g/mol. The molecule has 36 heavy (non-hydrogen) atoms. The fourth-order valence-corrected chi connectivity index (χ4v) is 5.73. The summed E-state index contributed by atoms with van der Waals surface area (Å²) in [5.74, 6) is 0.0109. The van der Waals surface area contributed by atoms with Gasteiger partial charge in [-0.1, -0.05) is 12.1 Å². The molecular weight excluding hydrogens is 460 g/mol. The third-order valence-electron chi connectivity index (χ3n) is 7.67. The topological polar surface area (TPSA) is 104 Å². The van der Waals surface area contributed by atoms with Crippen LogP contribution in [-0.4, -0.2) is 60.6 Å². The Balaban J connectivity index is 1.37. The van der Waals surface area contributed by atoms with E-state index in [2.05, 4.69) is 10.3 Å². The molecule has 2 N–H and O–H groups in total. The second kappa shape index (κ2) is 8.37. The van der Waals surface area contributed by atoms with Crippen LogP contribution in [0.3, 0.4) is 0 Å². The van der Waals surface area contributed by atoms with E-state index >= 15 is 0 Å². The Bertz CT molecular complexity index is 1390. The Morgan fingerprint density at radius 2 is 2.08 bits per heavy atom. The Hall–Kier alpha value is -3.85. The number of amides is 4. The smallest absolute Gasteiger partial charge is 0.332 e. The van der Waals surface area contributed by atoms with Crippen molar-refractivity contribution in [3.8, 4) is 5.75 Å². The molecule has 0 spiro atoms. The lowest BCUT2D eigenvalue weighted by Gasteiger charge is -2.35. The molecule has 9 heteroatoms. The highest BCUT2D eigenvalue weighted by molar-refractivity contribution is 6.25. The molecule has 4 amide bonds. The number of carbonyl (C=O) groups is 3. The molecular formula is C27H28N4O5. The first kappa shape index (κ1) is 22.6. The normalized spacial score (nSPS) is 23.2. The van der Waals surface area contributed by atoms with Gasteiger partial charge in [-0.2, -0.15) is 0 Å². The summed E-state index contributed by atoms with van der Waals surface area (Å²) in [6, 6.07) is 12.1. The average Bonchev–Trinajstić information content (AvgIpc) is 3.59. The van der Waals surface area contributed by atoms with Gasteiger partial charge in [0, 0.05) is 30.6 Å². The molecule has 0 aliphatic carbocycles. The van der Waals surface area contributed by atoms with Crippen molar-refractivity contribution in [2.24, 2.45) is 0 Å². The van der Waals surface area contributed by atoms with E-state index in [1.165, 1.54) is 0 Å². The van der Waals surface area contributed by atoms with E-state index in [1.54, 1.807) is 43.2 Å². The van der Waals surface area contributed by atoms with Crippen molar-refractivity contribution >= 4 is 34.4 Å². The molecule has 9 nitrogen and oxygen atoms in total. The van der Waals surface area contributed by atoms with Gasteiger partial charge in [-0.15, -0.1) is 0 Å². The number of imide groups is 1. The van der Waals surface area contributed by atoms with Crippen LogP contribution >= 0.6 is 0 Å². The molecule has 0 radical (unpaired) electrons. The number of carbonyl (C=O) groups excluding carboxylic acids is 3. The molecule has 186 valence electrons. The van der Waals surface area contributed by atoms with Crippen LogP contribution in [0.15, 0.2) is 42.5 Å². The number of methoxy groups -OCH3 is 1. The SMILES string of the molecule is COc1ccc2[nH]c3c(c2c1)CCN1C(=O)N(c2ccccc2C(=O)NC[C@H]2CCCO2)C(=O)[C@@]31C. The minimum absolute atomic E-state index is 0.0110. The van der Waals surface area contributed by atoms with Gasteiger partial charge in [-0.25, -0.2) is 9.69 Å². The lowest BCUT2D eigenvalue weighted by Crippen LogP contribution is -2.49. The van der Waals surface area contributed by atoms with Crippen LogP contribution < -0.4 is 15.0 Å². The number of nitrogens with zero attached hydrogens (tertiary/aromatic N) is 2. The summed E-state index contributed by atoms with van der Waals surface area (Å²) in [7, 11) is 1.62. The minimum Gasteiger partial charge on any atom is -0.497 e. The molecule has 3 aliphatic rings. The summed E-state index contributed by atoms with van der Waals surface area (Å²) in [6.07, 6.45) is 2.47. The maximum Gasteiger partial charge on any atom is 0.332 e. The molecule has 0 unspecified atom stereocenters. The van der Waals surface area contributed by atoms with Crippen molar-refractivity contribution in [1.29, 1.82) is 0 Å². The van der Waals surface area contributed by atoms with Crippen LogP contribution in [0.25, 0.3) is 10.9 Å². The molecule has 2 saturated heterocycles. The molecule has 3 aromatic rings. The fraction of sp³-hybridized carbons (Fsp3) is 0.370. The number of H-pyrrole nitrogens is 1. The second-order valence-corrected chi connectivity index (χ2v) is 9.65. The lowest BCUT2D eigenvalue weighted by atomic mass is 9.87. The number of benzene rings is 2. The zero-order valence-corrected chi connectivity index (χ0v) is 20.3. The van der Waals surface area contributed by atoms with Gasteiger partial charge in [0.2, 0.25) is 0 Å². The number of hydrogen-bond donors (Lipinski definition) is 2. The number of para-hydroxylation sites is 1. The van der Waals surface area contributed by atoms with Gasteiger partial charge in [-0.3, -0.25) is 9.59 Å². The van der Waals surface area contributed by atoms with Crippen molar-refractivity contribution in [3.63, 3.8) is 0 Å². The maximum atomic E-state index is 14.0. The highest BCUT2D eigenvalue weighted by Crippen LogP contribution is 2.46. The Morgan fingerprint density at radius 3 is 2.86 bits per heavy atom. The van der Waals surface area contributed by atoms with Gasteiger partial charge < -0.3 is 24.7 Å². The molecule has 0 saturated carbocycles. The zero-order valence-electron chi connectivity index (χ0n) is 20.3. The number of rotatable bonds is 5. The van der Waals surface area contributed by atoms with Crippen LogP contribution in [0, 0.1) is 0 Å². The van der Waals surface area contributed by atoms with Crippen LogP contribution in [0.2, 0.25) is 0 Å². The number of ether oxygens (including phenoxy) is 2. The Labute approximate surface area is 208 Å².